The first kappa shape index (κ1) is 12.6. The van der Waals surface area contributed by atoms with Crippen molar-refractivity contribution in [3.05, 3.63) is 41.9 Å². The highest BCUT2D eigenvalue weighted by Crippen LogP contribution is 2.28. The summed E-state index contributed by atoms with van der Waals surface area (Å²) in [6, 6.07) is 3.08. The molecule has 0 saturated carbocycles. The molecule has 0 radical (unpaired) electrons. The molecule has 0 spiro atoms. The minimum absolute atomic E-state index is 0.259. The highest BCUT2D eigenvalue weighted by molar-refractivity contribution is 5.27. The summed E-state index contributed by atoms with van der Waals surface area (Å²) in [5.74, 6) is 0.259. The van der Waals surface area contributed by atoms with E-state index >= 15 is 0 Å². The van der Waals surface area contributed by atoms with Gasteiger partial charge in [-0.3, -0.25) is 0 Å². The first-order valence-corrected chi connectivity index (χ1v) is 5.14. The van der Waals surface area contributed by atoms with E-state index in [-0.39, 0.29) is 5.82 Å². The molecule has 0 aromatic carbocycles. The highest BCUT2D eigenvalue weighted by atomic mass is 19.4. The molecule has 1 atom stereocenters. The summed E-state index contributed by atoms with van der Waals surface area (Å²) in [5, 5.41) is 12.9. The van der Waals surface area contributed by atoms with E-state index in [0.29, 0.717) is 5.56 Å². The lowest BCUT2D eigenvalue weighted by Crippen LogP contribution is -2.03. The molecular formula is C11H10F3N3O. The van der Waals surface area contributed by atoms with Crippen molar-refractivity contribution in [2.24, 2.45) is 0 Å². The molecule has 1 N–H and O–H groups in total. The van der Waals surface area contributed by atoms with E-state index in [4.69, 9.17) is 0 Å². The second-order valence-corrected chi connectivity index (χ2v) is 3.80. The van der Waals surface area contributed by atoms with Gasteiger partial charge in [0.25, 0.3) is 0 Å². The lowest BCUT2D eigenvalue weighted by molar-refractivity contribution is -0.137. The number of alkyl halides is 3. The van der Waals surface area contributed by atoms with E-state index in [1.807, 2.05) is 0 Å². The number of nitrogens with zero attached hydrogens (tertiary/aromatic N) is 3. The summed E-state index contributed by atoms with van der Waals surface area (Å²) < 4.78 is 38.2. The van der Waals surface area contributed by atoms with Gasteiger partial charge in [0.1, 0.15) is 0 Å². The van der Waals surface area contributed by atoms with Gasteiger partial charge in [-0.2, -0.15) is 18.3 Å². The molecule has 2 aromatic heterocycles. The summed E-state index contributed by atoms with van der Waals surface area (Å²) >= 11 is 0. The van der Waals surface area contributed by atoms with Crippen LogP contribution < -0.4 is 0 Å². The first-order valence-electron chi connectivity index (χ1n) is 5.14. The van der Waals surface area contributed by atoms with E-state index in [2.05, 4.69) is 10.1 Å². The lowest BCUT2D eigenvalue weighted by Gasteiger charge is -2.05. The minimum Gasteiger partial charge on any atom is -0.389 e. The Hall–Kier alpha value is -1.89. The van der Waals surface area contributed by atoms with Gasteiger partial charge in [0, 0.05) is 12.4 Å². The third-order valence-electron chi connectivity index (χ3n) is 2.40. The van der Waals surface area contributed by atoms with Crippen LogP contribution in [0.1, 0.15) is 24.2 Å². The number of aliphatic hydroxyl groups is 1. The van der Waals surface area contributed by atoms with Crippen LogP contribution in [0.2, 0.25) is 0 Å². The highest BCUT2D eigenvalue weighted by Gasteiger charge is 2.32. The van der Waals surface area contributed by atoms with Crippen LogP contribution in [0.4, 0.5) is 13.2 Å². The van der Waals surface area contributed by atoms with E-state index in [9.17, 15) is 18.3 Å². The Balaban J connectivity index is 2.29. The van der Waals surface area contributed by atoms with Crippen molar-refractivity contribution in [1.82, 2.24) is 14.8 Å². The van der Waals surface area contributed by atoms with Crippen LogP contribution >= 0.6 is 0 Å². The van der Waals surface area contributed by atoms with Gasteiger partial charge < -0.3 is 5.11 Å². The van der Waals surface area contributed by atoms with Gasteiger partial charge in [-0.1, -0.05) is 6.07 Å². The van der Waals surface area contributed by atoms with Crippen LogP contribution in [0.5, 0.6) is 0 Å². The largest absolute Gasteiger partial charge is 0.419 e. The van der Waals surface area contributed by atoms with Gasteiger partial charge in [0.2, 0.25) is 0 Å². The predicted molar refractivity (Wildman–Crippen MR) is 57.0 cm³/mol. The van der Waals surface area contributed by atoms with E-state index < -0.39 is 17.8 Å². The average molecular weight is 257 g/mol. The van der Waals surface area contributed by atoms with E-state index in [1.165, 1.54) is 12.3 Å². The smallest absolute Gasteiger partial charge is 0.389 e. The van der Waals surface area contributed by atoms with Crippen molar-refractivity contribution >= 4 is 0 Å². The number of hydrogen-bond donors (Lipinski definition) is 1. The molecular weight excluding hydrogens is 247 g/mol. The average Bonchev–Trinajstić information content (AvgIpc) is 2.78. The summed E-state index contributed by atoms with van der Waals surface area (Å²) in [5.41, 5.74) is -0.245. The Kier molecular flexibility index (Phi) is 3.08. The molecule has 0 amide bonds. The first-order chi connectivity index (χ1) is 8.38. The molecule has 0 aliphatic heterocycles. The summed E-state index contributed by atoms with van der Waals surface area (Å²) in [4.78, 5) is 3.94. The van der Waals surface area contributed by atoms with Gasteiger partial charge >= 0.3 is 6.18 Å². The number of aromatic nitrogens is 3. The molecule has 7 heteroatoms. The maximum Gasteiger partial charge on any atom is 0.419 e. The number of pyridine rings is 1. The summed E-state index contributed by atoms with van der Waals surface area (Å²) in [7, 11) is 0. The number of hydrogen-bond acceptors (Lipinski definition) is 3. The molecule has 0 unspecified atom stereocenters. The van der Waals surface area contributed by atoms with Crippen molar-refractivity contribution in [3.8, 4) is 5.82 Å². The zero-order valence-corrected chi connectivity index (χ0v) is 9.39. The summed E-state index contributed by atoms with van der Waals surface area (Å²) in [6.07, 6.45) is -2.09. The van der Waals surface area contributed by atoms with Crippen molar-refractivity contribution < 1.29 is 18.3 Å². The fourth-order valence-electron chi connectivity index (χ4n) is 1.37. The molecule has 2 heterocycles. The SMILES string of the molecule is C[C@H](O)c1ccc(-n2cc(C(F)(F)F)cn2)nc1. The van der Waals surface area contributed by atoms with Crippen molar-refractivity contribution in [2.75, 3.05) is 0 Å². The number of halogens is 3. The standard InChI is InChI=1S/C11H10F3N3O/c1-7(18)8-2-3-10(15-4-8)17-6-9(5-16-17)11(12,13)14/h2-7,18H,1H3/t7-/m0/s1. The third kappa shape index (κ3) is 2.51. The molecule has 2 rings (SSSR count). The maximum absolute atomic E-state index is 12.4. The van der Waals surface area contributed by atoms with Gasteiger partial charge in [0.05, 0.1) is 17.9 Å². The van der Waals surface area contributed by atoms with Crippen molar-refractivity contribution in [2.45, 2.75) is 19.2 Å². The Morgan fingerprint density at radius 2 is 2.00 bits per heavy atom. The Morgan fingerprint density at radius 1 is 1.28 bits per heavy atom. The molecule has 0 fully saturated rings. The van der Waals surface area contributed by atoms with Gasteiger partial charge in [-0.05, 0) is 18.6 Å². The molecule has 18 heavy (non-hydrogen) atoms. The van der Waals surface area contributed by atoms with Crippen LogP contribution in [-0.4, -0.2) is 19.9 Å². The van der Waals surface area contributed by atoms with Crippen LogP contribution in [0.25, 0.3) is 5.82 Å². The molecule has 0 aliphatic carbocycles. The van der Waals surface area contributed by atoms with Crippen LogP contribution in [-0.2, 0) is 6.18 Å². The van der Waals surface area contributed by atoms with Gasteiger partial charge in [0.15, 0.2) is 5.82 Å². The predicted octanol–water partition coefficient (Wildman–Crippen LogP) is 2.34. The van der Waals surface area contributed by atoms with Gasteiger partial charge in [-0.15, -0.1) is 0 Å². The second-order valence-electron chi connectivity index (χ2n) is 3.80. The van der Waals surface area contributed by atoms with Gasteiger partial charge in [-0.25, -0.2) is 9.67 Å². The minimum atomic E-state index is -4.42. The Morgan fingerprint density at radius 3 is 2.44 bits per heavy atom. The molecule has 2 aromatic rings. The maximum atomic E-state index is 12.4. The second kappa shape index (κ2) is 4.41. The fourth-order valence-corrected chi connectivity index (χ4v) is 1.37. The Labute approximate surface area is 101 Å². The zero-order chi connectivity index (χ0) is 13.3. The van der Waals surface area contributed by atoms with Crippen molar-refractivity contribution in [3.63, 3.8) is 0 Å². The number of aliphatic hydroxyl groups excluding tert-OH is 1. The van der Waals surface area contributed by atoms with Crippen LogP contribution in [0, 0.1) is 0 Å². The molecule has 4 nitrogen and oxygen atoms in total. The summed E-state index contributed by atoms with van der Waals surface area (Å²) in [6.45, 7) is 1.58. The third-order valence-corrected chi connectivity index (χ3v) is 2.40. The monoisotopic (exact) mass is 257 g/mol. The van der Waals surface area contributed by atoms with Crippen molar-refractivity contribution in [1.29, 1.82) is 0 Å². The van der Waals surface area contributed by atoms with E-state index in [1.54, 1.807) is 13.0 Å². The molecule has 0 saturated heterocycles. The zero-order valence-electron chi connectivity index (χ0n) is 9.39. The molecule has 0 aliphatic rings. The fraction of sp³-hybridized carbons (Fsp3) is 0.273. The van der Waals surface area contributed by atoms with Crippen LogP contribution in [0.3, 0.4) is 0 Å². The Bertz CT molecular complexity index is 531. The molecule has 0 bridgehead atoms. The van der Waals surface area contributed by atoms with Crippen LogP contribution in [0.15, 0.2) is 30.7 Å². The quantitative estimate of drug-likeness (QED) is 0.898. The topological polar surface area (TPSA) is 50.9 Å². The molecule has 96 valence electrons. The normalized spacial score (nSPS) is 13.6. The lowest BCUT2D eigenvalue weighted by atomic mass is 10.2. The van der Waals surface area contributed by atoms with E-state index in [0.717, 1.165) is 17.1 Å². The number of rotatable bonds is 2.